The van der Waals surface area contributed by atoms with Crippen molar-refractivity contribution >= 4 is 6.03 Å². The fourth-order valence-corrected chi connectivity index (χ4v) is 1.59. The van der Waals surface area contributed by atoms with E-state index in [0.717, 1.165) is 12.1 Å². The van der Waals surface area contributed by atoms with Crippen LogP contribution >= 0.6 is 0 Å². The van der Waals surface area contributed by atoms with Gasteiger partial charge >= 0.3 is 6.03 Å². The van der Waals surface area contributed by atoms with Gasteiger partial charge < -0.3 is 20.5 Å². The van der Waals surface area contributed by atoms with Gasteiger partial charge in [0, 0.05) is 13.7 Å². The van der Waals surface area contributed by atoms with Crippen LogP contribution in [0, 0.1) is 17.5 Å². The second kappa shape index (κ2) is 7.46. The largest absolute Gasteiger partial charge is 0.394 e. The van der Waals surface area contributed by atoms with E-state index in [4.69, 9.17) is 4.74 Å². The predicted octanol–water partition coefficient (Wildman–Crippen LogP) is 1.86. The first-order valence-electron chi connectivity index (χ1n) is 6.55. The maximum Gasteiger partial charge on any atom is 0.315 e. The second-order valence-electron chi connectivity index (χ2n) is 5.32. The van der Waals surface area contributed by atoms with E-state index in [1.165, 1.54) is 7.11 Å². The van der Waals surface area contributed by atoms with E-state index in [-0.39, 0.29) is 12.1 Å². The Morgan fingerprint density at radius 2 is 1.86 bits per heavy atom. The smallest absolute Gasteiger partial charge is 0.315 e. The Balaban J connectivity index is 2.75. The van der Waals surface area contributed by atoms with E-state index in [1.54, 1.807) is 13.8 Å². The molecule has 22 heavy (non-hydrogen) atoms. The van der Waals surface area contributed by atoms with Crippen molar-refractivity contribution in [2.45, 2.75) is 25.5 Å². The lowest BCUT2D eigenvalue weighted by Gasteiger charge is -2.24. The average molecular weight is 320 g/mol. The van der Waals surface area contributed by atoms with Gasteiger partial charge in [0.2, 0.25) is 0 Å². The van der Waals surface area contributed by atoms with Crippen molar-refractivity contribution in [3.63, 3.8) is 0 Å². The summed E-state index contributed by atoms with van der Waals surface area (Å²) in [6.07, 6.45) is 0. The molecule has 8 heteroatoms. The SMILES string of the molecule is COC(C)(C)CNC(=O)NC(CO)c1cc(F)c(F)c(F)c1. The fourth-order valence-electron chi connectivity index (χ4n) is 1.59. The van der Waals surface area contributed by atoms with Crippen LogP contribution in [0.25, 0.3) is 0 Å². The van der Waals surface area contributed by atoms with Crippen molar-refractivity contribution in [1.29, 1.82) is 0 Å². The van der Waals surface area contributed by atoms with Crippen molar-refractivity contribution < 1.29 is 27.8 Å². The number of halogens is 3. The third kappa shape index (κ3) is 4.88. The molecule has 5 nitrogen and oxygen atoms in total. The van der Waals surface area contributed by atoms with Gasteiger partial charge in [-0.2, -0.15) is 0 Å². The molecule has 0 aromatic heterocycles. The van der Waals surface area contributed by atoms with E-state index in [1.807, 2.05) is 0 Å². The number of benzene rings is 1. The molecule has 2 amide bonds. The molecule has 0 radical (unpaired) electrons. The molecule has 1 aromatic carbocycles. The van der Waals surface area contributed by atoms with Gasteiger partial charge in [0.25, 0.3) is 0 Å². The lowest BCUT2D eigenvalue weighted by Crippen LogP contribution is -2.45. The van der Waals surface area contributed by atoms with E-state index in [0.29, 0.717) is 0 Å². The average Bonchev–Trinajstić information content (AvgIpc) is 2.47. The molecule has 124 valence electrons. The number of urea groups is 1. The van der Waals surface area contributed by atoms with E-state index in [9.17, 15) is 23.1 Å². The third-order valence-electron chi connectivity index (χ3n) is 3.12. The molecule has 0 bridgehead atoms. The zero-order valence-electron chi connectivity index (χ0n) is 12.5. The van der Waals surface area contributed by atoms with Crippen LogP contribution in [0.4, 0.5) is 18.0 Å². The molecule has 1 rings (SSSR count). The van der Waals surface area contributed by atoms with Crippen molar-refractivity contribution in [3.05, 3.63) is 35.1 Å². The van der Waals surface area contributed by atoms with Crippen LogP contribution in [-0.2, 0) is 4.74 Å². The zero-order chi connectivity index (χ0) is 16.9. The maximum absolute atomic E-state index is 13.2. The Kier molecular flexibility index (Phi) is 6.19. The summed E-state index contributed by atoms with van der Waals surface area (Å²) in [5.41, 5.74) is -0.680. The number of rotatable bonds is 6. The summed E-state index contributed by atoms with van der Waals surface area (Å²) < 4.78 is 44.4. The number of nitrogens with one attached hydrogen (secondary N) is 2. The van der Waals surface area contributed by atoms with Crippen LogP contribution < -0.4 is 10.6 Å². The van der Waals surface area contributed by atoms with Gasteiger partial charge in [-0.1, -0.05) is 0 Å². The van der Waals surface area contributed by atoms with Crippen molar-refractivity contribution in [2.24, 2.45) is 0 Å². The van der Waals surface area contributed by atoms with Gasteiger partial charge in [-0.05, 0) is 31.5 Å². The third-order valence-corrected chi connectivity index (χ3v) is 3.12. The van der Waals surface area contributed by atoms with E-state index >= 15 is 0 Å². The maximum atomic E-state index is 13.2. The molecule has 0 saturated carbocycles. The summed E-state index contributed by atoms with van der Waals surface area (Å²) in [5, 5.41) is 14.1. The Morgan fingerprint density at radius 1 is 1.32 bits per heavy atom. The summed E-state index contributed by atoms with van der Waals surface area (Å²) >= 11 is 0. The summed E-state index contributed by atoms with van der Waals surface area (Å²) in [4.78, 5) is 11.7. The quantitative estimate of drug-likeness (QED) is 0.701. The highest BCUT2D eigenvalue weighted by Crippen LogP contribution is 2.19. The van der Waals surface area contributed by atoms with Crippen molar-refractivity contribution in [3.8, 4) is 0 Å². The summed E-state index contributed by atoms with van der Waals surface area (Å²) in [5.74, 6) is -4.39. The van der Waals surface area contributed by atoms with Crippen LogP contribution in [0.15, 0.2) is 12.1 Å². The molecular formula is C14H19F3N2O3. The number of amides is 2. The van der Waals surface area contributed by atoms with Crippen LogP contribution in [0.3, 0.4) is 0 Å². The lowest BCUT2D eigenvalue weighted by molar-refractivity contribution is 0.0252. The monoisotopic (exact) mass is 320 g/mol. The summed E-state index contributed by atoms with van der Waals surface area (Å²) in [6, 6.07) is -0.290. The number of carbonyl (C=O) groups is 1. The molecule has 0 fully saturated rings. The molecule has 0 aliphatic heterocycles. The van der Waals surface area contributed by atoms with Gasteiger partial charge in [-0.25, -0.2) is 18.0 Å². The first-order chi connectivity index (χ1) is 10.2. The van der Waals surface area contributed by atoms with E-state index in [2.05, 4.69) is 10.6 Å². The normalized spacial score (nSPS) is 12.9. The van der Waals surface area contributed by atoms with Crippen LogP contribution in [0.1, 0.15) is 25.5 Å². The molecule has 0 aliphatic carbocycles. The predicted molar refractivity (Wildman–Crippen MR) is 73.8 cm³/mol. The summed E-state index contributed by atoms with van der Waals surface area (Å²) in [7, 11) is 1.49. The molecule has 1 atom stereocenters. The van der Waals surface area contributed by atoms with Gasteiger partial charge in [0.15, 0.2) is 17.5 Å². The van der Waals surface area contributed by atoms with Gasteiger partial charge in [-0.3, -0.25) is 0 Å². The molecule has 3 N–H and O–H groups in total. The van der Waals surface area contributed by atoms with Gasteiger partial charge in [-0.15, -0.1) is 0 Å². The second-order valence-corrected chi connectivity index (χ2v) is 5.32. The highest BCUT2D eigenvalue weighted by Gasteiger charge is 2.21. The Hall–Kier alpha value is -1.80. The first-order valence-corrected chi connectivity index (χ1v) is 6.55. The number of carbonyl (C=O) groups excluding carboxylic acids is 1. The molecule has 1 aromatic rings. The Labute approximate surface area is 126 Å². The molecule has 0 aliphatic rings. The van der Waals surface area contributed by atoms with Crippen molar-refractivity contribution in [2.75, 3.05) is 20.3 Å². The number of ether oxygens (including phenoxy) is 1. The minimum absolute atomic E-state index is 0.0833. The van der Waals surface area contributed by atoms with Crippen LogP contribution in [0.2, 0.25) is 0 Å². The molecule has 0 saturated heterocycles. The minimum atomic E-state index is -1.60. The first kappa shape index (κ1) is 18.2. The van der Waals surface area contributed by atoms with Crippen molar-refractivity contribution in [1.82, 2.24) is 10.6 Å². The fraction of sp³-hybridized carbons (Fsp3) is 0.500. The number of hydrogen-bond acceptors (Lipinski definition) is 3. The molecular weight excluding hydrogens is 301 g/mol. The highest BCUT2D eigenvalue weighted by molar-refractivity contribution is 5.74. The molecule has 0 spiro atoms. The minimum Gasteiger partial charge on any atom is -0.394 e. The van der Waals surface area contributed by atoms with Crippen LogP contribution in [-0.4, -0.2) is 37.0 Å². The Morgan fingerprint density at radius 3 is 2.32 bits per heavy atom. The number of aliphatic hydroxyl groups is 1. The van der Waals surface area contributed by atoms with Crippen LogP contribution in [0.5, 0.6) is 0 Å². The van der Waals surface area contributed by atoms with Gasteiger partial charge in [0.1, 0.15) is 0 Å². The molecule has 1 unspecified atom stereocenters. The standard InChI is InChI=1S/C14H19F3N2O3/c1-14(2,22-3)7-18-13(21)19-11(6-20)8-4-9(15)12(17)10(16)5-8/h4-5,11,20H,6-7H2,1-3H3,(H2,18,19,21). The topological polar surface area (TPSA) is 70.6 Å². The lowest BCUT2D eigenvalue weighted by atomic mass is 10.1. The zero-order valence-corrected chi connectivity index (χ0v) is 12.5. The number of aliphatic hydroxyl groups excluding tert-OH is 1. The highest BCUT2D eigenvalue weighted by atomic mass is 19.2. The number of methoxy groups -OCH3 is 1. The van der Waals surface area contributed by atoms with Gasteiger partial charge in [0.05, 0.1) is 18.2 Å². The molecule has 0 heterocycles. The summed E-state index contributed by atoms with van der Waals surface area (Å²) in [6.45, 7) is 3.08. The number of hydrogen-bond donors (Lipinski definition) is 3. The van der Waals surface area contributed by atoms with E-state index < -0.39 is 41.7 Å². The Bertz CT molecular complexity index is 515.